The van der Waals surface area contributed by atoms with Crippen LogP contribution in [0.3, 0.4) is 0 Å². The van der Waals surface area contributed by atoms with Gasteiger partial charge >= 0.3 is 5.97 Å². The fraction of sp³-hybridized carbons (Fsp3) is 0.467. The highest BCUT2D eigenvalue weighted by Crippen LogP contribution is 2.23. The summed E-state index contributed by atoms with van der Waals surface area (Å²) in [7, 11) is 3.00. The van der Waals surface area contributed by atoms with Crippen molar-refractivity contribution in [3.8, 4) is 11.5 Å². The number of rotatable bonds is 10. The van der Waals surface area contributed by atoms with E-state index in [9.17, 15) is 4.79 Å². The van der Waals surface area contributed by atoms with E-state index in [0.29, 0.717) is 18.1 Å². The summed E-state index contributed by atoms with van der Waals surface area (Å²) in [6, 6.07) is 4.73. The maximum absolute atomic E-state index is 11.8. The molecule has 0 saturated carbocycles. The van der Waals surface area contributed by atoms with Crippen LogP contribution in [0.4, 0.5) is 0 Å². The second-order valence-electron chi connectivity index (χ2n) is 4.16. The van der Waals surface area contributed by atoms with Crippen molar-refractivity contribution >= 4 is 5.97 Å². The molecule has 1 aromatic carbocycles. The molecule has 117 valence electrons. The molecule has 0 aliphatic carbocycles. The molecule has 6 heteroatoms. The Balaban J connectivity index is 2.38. The zero-order valence-electron chi connectivity index (χ0n) is 12.6. The molecule has 1 aromatic rings. The lowest BCUT2D eigenvalue weighted by molar-refractivity contribution is -0.218. The topological polar surface area (TPSA) is 63.2 Å². The quantitative estimate of drug-likeness (QED) is 0.376. The van der Waals surface area contributed by atoms with Gasteiger partial charge in [-0.1, -0.05) is 13.3 Å². The number of hydrogen-bond acceptors (Lipinski definition) is 6. The minimum absolute atomic E-state index is 0.259. The van der Waals surface area contributed by atoms with E-state index in [0.717, 1.165) is 12.8 Å². The summed E-state index contributed by atoms with van der Waals surface area (Å²) < 4.78 is 15.4. The molecule has 0 spiro atoms. The van der Waals surface area contributed by atoms with Gasteiger partial charge in [0, 0.05) is 12.7 Å². The predicted molar refractivity (Wildman–Crippen MR) is 76.1 cm³/mol. The fourth-order valence-electron chi connectivity index (χ4n) is 1.46. The van der Waals surface area contributed by atoms with Crippen LogP contribution in [0.5, 0.6) is 11.5 Å². The maximum atomic E-state index is 11.8. The maximum Gasteiger partial charge on any atom is 0.373 e. The van der Waals surface area contributed by atoms with Crippen molar-refractivity contribution in [1.29, 1.82) is 0 Å². The van der Waals surface area contributed by atoms with Crippen LogP contribution in [0.15, 0.2) is 18.2 Å². The van der Waals surface area contributed by atoms with Crippen LogP contribution in [0, 0.1) is 6.61 Å². The second-order valence-corrected chi connectivity index (χ2v) is 4.16. The number of hydrogen-bond donors (Lipinski definition) is 0. The van der Waals surface area contributed by atoms with Crippen molar-refractivity contribution in [3.63, 3.8) is 0 Å². The van der Waals surface area contributed by atoms with Crippen LogP contribution >= 0.6 is 0 Å². The van der Waals surface area contributed by atoms with Gasteiger partial charge in [-0.15, -0.1) is 0 Å². The molecule has 0 unspecified atom stereocenters. The molecule has 0 aliphatic heterocycles. The number of carbonyl (C=O) groups is 1. The minimum atomic E-state index is -0.642. The molecule has 0 atom stereocenters. The van der Waals surface area contributed by atoms with Crippen molar-refractivity contribution in [3.05, 3.63) is 30.4 Å². The van der Waals surface area contributed by atoms with Crippen LogP contribution in [-0.2, 0) is 14.5 Å². The van der Waals surface area contributed by atoms with Gasteiger partial charge in [0.05, 0.1) is 26.4 Å². The molecule has 0 aliphatic rings. The molecule has 0 bridgehead atoms. The number of benzene rings is 1. The Hall–Kier alpha value is -1.79. The monoisotopic (exact) mass is 297 g/mol. The van der Waals surface area contributed by atoms with Crippen molar-refractivity contribution in [2.75, 3.05) is 27.4 Å². The summed E-state index contributed by atoms with van der Waals surface area (Å²) in [4.78, 5) is 21.1. The zero-order chi connectivity index (χ0) is 15.5. The molecule has 1 rings (SSSR count). The highest BCUT2D eigenvalue weighted by molar-refractivity contribution is 5.90. The first-order valence-corrected chi connectivity index (χ1v) is 6.71. The molecular formula is C15H21O6. The fourth-order valence-corrected chi connectivity index (χ4v) is 1.46. The number of ether oxygens (including phenoxy) is 3. The van der Waals surface area contributed by atoms with Gasteiger partial charge in [0.1, 0.15) is 11.5 Å². The van der Waals surface area contributed by atoms with Gasteiger partial charge in [-0.2, -0.15) is 4.89 Å². The molecule has 0 N–H and O–H groups in total. The Morgan fingerprint density at radius 3 is 2.38 bits per heavy atom. The van der Waals surface area contributed by atoms with Gasteiger partial charge in [0.25, 0.3) is 0 Å². The van der Waals surface area contributed by atoms with Crippen LogP contribution in [-0.4, -0.2) is 33.4 Å². The lowest BCUT2D eigenvalue weighted by atomic mass is 10.2. The Morgan fingerprint density at radius 1 is 1.14 bits per heavy atom. The summed E-state index contributed by atoms with van der Waals surface area (Å²) >= 11 is 0. The third kappa shape index (κ3) is 6.46. The largest absolute Gasteiger partial charge is 0.497 e. The standard InChI is InChI=1S/C15H21O6/c1-4-5-6-19-7-8-20-21-15(16)12-9-13(17-2)11-14(10-12)18-3/h8-11H,4-7H2,1-3H3. The van der Waals surface area contributed by atoms with Crippen LogP contribution in [0.1, 0.15) is 30.1 Å². The van der Waals surface area contributed by atoms with Crippen LogP contribution in [0.2, 0.25) is 0 Å². The lowest BCUT2D eigenvalue weighted by Gasteiger charge is -2.08. The first kappa shape index (κ1) is 17.3. The summed E-state index contributed by atoms with van der Waals surface area (Å²) in [6.45, 7) is 4.27. The van der Waals surface area contributed by atoms with E-state index in [2.05, 4.69) is 11.8 Å². The van der Waals surface area contributed by atoms with Gasteiger partial charge < -0.3 is 14.2 Å². The Labute approximate surface area is 124 Å². The summed E-state index contributed by atoms with van der Waals surface area (Å²) in [5.74, 6) is 0.346. The van der Waals surface area contributed by atoms with Crippen molar-refractivity contribution in [1.82, 2.24) is 0 Å². The number of methoxy groups -OCH3 is 2. The molecule has 0 saturated heterocycles. The Bertz CT molecular complexity index is 410. The average molecular weight is 297 g/mol. The highest BCUT2D eigenvalue weighted by Gasteiger charge is 2.12. The first-order valence-electron chi connectivity index (χ1n) is 6.71. The summed E-state index contributed by atoms with van der Waals surface area (Å²) in [5, 5.41) is 0. The molecule has 0 amide bonds. The SMILES string of the molecule is CCCCOC[CH]OOC(=O)c1cc(OC)cc(OC)c1. The Morgan fingerprint density at radius 2 is 1.81 bits per heavy atom. The van der Waals surface area contributed by atoms with E-state index in [1.165, 1.54) is 33.0 Å². The normalized spacial score (nSPS) is 10.2. The summed E-state index contributed by atoms with van der Waals surface area (Å²) in [6.07, 6.45) is 2.05. The number of carbonyl (C=O) groups excluding carboxylic acids is 1. The minimum Gasteiger partial charge on any atom is -0.497 e. The van der Waals surface area contributed by atoms with E-state index in [1.54, 1.807) is 6.07 Å². The molecule has 1 radical (unpaired) electrons. The van der Waals surface area contributed by atoms with Crippen LogP contribution in [0.25, 0.3) is 0 Å². The van der Waals surface area contributed by atoms with Crippen molar-refractivity contribution in [2.45, 2.75) is 19.8 Å². The Kier molecular flexibility index (Phi) is 8.23. The zero-order valence-corrected chi connectivity index (χ0v) is 12.6. The summed E-state index contributed by atoms with van der Waals surface area (Å²) in [5.41, 5.74) is 0.270. The van der Waals surface area contributed by atoms with E-state index in [-0.39, 0.29) is 12.2 Å². The molecule has 0 aromatic heterocycles. The van der Waals surface area contributed by atoms with Gasteiger partial charge in [0.15, 0.2) is 6.61 Å². The van der Waals surface area contributed by atoms with Gasteiger partial charge in [0.2, 0.25) is 0 Å². The molecule has 0 heterocycles. The lowest BCUT2D eigenvalue weighted by Crippen LogP contribution is -2.08. The van der Waals surface area contributed by atoms with E-state index >= 15 is 0 Å². The molecule has 21 heavy (non-hydrogen) atoms. The highest BCUT2D eigenvalue weighted by atomic mass is 17.2. The molecular weight excluding hydrogens is 276 g/mol. The first-order chi connectivity index (χ1) is 10.2. The third-order valence-electron chi connectivity index (χ3n) is 2.61. The van der Waals surface area contributed by atoms with Gasteiger partial charge in [-0.3, -0.25) is 4.89 Å². The van der Waals surface area contributed by atoms with Crippen molar-refractivity contribution in [2.24, 2.45) is 0 Å². The van der Waals surface area contributed by atoms with E-state index in [1.807, 2.05) is 0 Å². The molecule has 0 fully saturated rings. The van der Waals surface area contributed by atoms with Crippen LogP contribution < -0.4 is 9.47 Å². The smallest absolute Gasteiger partial charge is 0.373 e. The number of unbranched alkanes of at least 4 members (excludes halogenated alkanes) is 1. The second kappa shape index (κ2) is 10.0. The van der Waals surface area contributed by atoms with E-state index in [4.69, 9.17) is 19.1 Å². The van der Waals surface area contributed by atoms with Gasteiger partial charge in [-0.25, -0.2) is 4.79 Å². The van der Waals surface area contributed by atoms with Gasteiger partial charge in [-0.05, 0) is 18.6 Å². The van der Waals surface area contributed by atoms with Crippen molar-refractivity contribution < 1.29 is 28.8 Å². The van der Waals surface area contributed by atoms with E-state index < -0.39 is 5.97 Å². The predicted octanol–water partition coefficient (Wildman–Crippen LogP) is 2.77. The molecule has 6 nitrogen and oxygen atoms in total. The average Bonchev–Trinajstić information content (AvgIpc) is 2.53. The third-order valence-corrected chi connectivity index (χ3v) is 2.61.